The fraction of sp³-hybridized carbons (Fsp3) is 0.294. The van der Waals surface area contributed by atoms with Gasteiger partial charge in [-0.25, -0.2) is 0 Å². The standard InChI is InChI=1S/C17H20BrNO3/c1-20-15-6-4-12(5-7-15)10-19-11-13-8-14(18)9-16(21-2)17(13)22-3/h4-9,19H,10-11H2,1-3H3. The lowest BCUT2D eigenvalue weighted by Crippen LogP contribution is -2.13. The fourth-order valence-electron chi connectivity index (χ4n) is 2.22. The summed E-state index contributed by atoms with van der Waals surface area (Å²) in [5, 5.41) is 3.41. The van der Waals surface area contributed by atoms with Crippen molar-refractivity contribution in [3.05, 3.63) is 52.0 Å². The molecule has 0 aliphatic rings. The van der Waals surface area contributed by atoms with E-state index in [4.69, 9.17) is 14.2 Å². The summed E-state index contributed by atoms with van der Waals surface area (Å²) >= 11 is 3.49. The maximum absolute atomic E-state index is 5.45. The summed E-state index contributed by atoms with van der Waals surface area (Å²) in [5.41, 5.74) is 2.24. The Balaban J connectivity index is 2.03. The Hall–Kier alpha value is -1.72. The second kappa shape index (κ2) is 8.06. The van der Waals surface area contributed by atoms with Crippen molar-refractivity contribution in [3.8, 4) is 17.2 Å². The summed E-state index contributed by atoms with van der Waals surface area (Å²) in [6, 6.07) is 11.9. The van der Waals surface area contributed by atoms with Gasteiger partial charge in [-0.2, -0.15) is 0 Å². The average molecular weight is 366 g/mol. The quantitative estimate of drug-likeness (QED) is 0.810. The van der Waals surface area contributed by atoms with Crippen molar-refractivity contribution in [1.82, 2.24) is 5.32 Å². The molecule has 1 N–H and O–H groups in total. The minimum atomic E-state index is 0.686. The predicted octanol–water partition coefficient (Wildman–Crippen LogP) is 3.76. The second-order valence-corrected chi connectivity index (χ2v) is 5.67. The van der Waals surface area contributed by atoms with Gasteiger partial charge < -0.3 is 19.5 Å². The highest BCUT2D eigenvalue weighted by Gasteiger charge is 2.11. The van der Waals surface area contributed by atoms with Crippen LogP contribution in [0.2, 0.25) is 0 Å². The molecule has 0 saturated heterocycles. The number of nitrogens with one attached hydrogen (secondary N) is 1. The molecule has 0 saturated carbocycles. The van der Waals surface area contributed by atoms with Crippen molar-refractivity contribution < 1.29 is 14.2 Å². The van der Waals surface area contributed by atoms with E-state index in [0.29, 0.717) is 6.54 Å². The van der Waals surface area contributed by atoms with E-state index in [0.717, 1.165) is 33.8 Å². The highest BCUT2D eigenvalue weighted by Crippen LogP contribution is 2.34. The minimum Gasteiger partial charge on any atom is -0.497 e. The fourth-order valence-corrected chi connectivity index (χ4v) is 2.71. The molecule has 118 valence electrons. The van der Waals surface area contributed by atoms with Gasteiger partial charge >= 0.3 is 0 Å². The van der Waals surface area contributed by atoms with E-state index in [1.165, 1.54) is 5.56 Å². The molecule has 5 heteroatoms. The van der Waals surface area contributed by atoms with Gasteiger partial charge in [0.05, 0.1) is 21.3 Å². The van der Waals surface area contributed by atoms with Gasteiger partial charge in [0.2, 0.25) is 0 Å². The third-order valence-electron chi connectivity index (χ3n) is 3.32. The number of hydrogen-bond acceptors (Lipinski definition) is 4. The van der Waals surface area contributed by atoms with Crippen molar-refractivity contribution in [2.24, 2.45) is 0 Å². The molecular formula is C17H20BrNO3. The van der Waals surface area contributed by atoms with Gasteiger partial charge in [-0.1, -0.05) is 28.1 Å². The molecule has 0 amide bonds. The third kappa shape index (κ3) is 4.15. The van der Waals surface area contributed by atoms with E-state index >= 15 is 0 Å². The van der Waals surface area contributed by atoms with Crippen LogP contribution in [0, 0.1) is 0 Å². The Bertz CT molecular complexity index is 614. The van der Waals surface area contributed by atoms with Gasteiger partial charge in [-0.15, -0.1) is 0 Å². The van der Waals surface area contributed by atoms with Crippen LogP contribution in [-0.2, 0) is 13.1 Å². The van der Waals surface area contributed by atoms with Crippen LogP contribution in [0.15, 0.2) is 40.9 Å². The van der Waals surface area contributed by atoms with Crippen LogP contribution < -0.4 is 19.5 Å². The van der Waals surface area contributed by atoms with Crippen LogP contribution in [0.25, 0.3) is 0 Å². The molecule has 0 fully saturated rings. The van der Waals surface area contributed by atoms with Gasteiger partial charge in [0, 0.05) is 23.1 Å². The smallest absolute Gasteiger partial charge is 0.165 e. The molecule has 0 atom stereocenters. The lowest BCUT2D eigenvalue weighted by Gasteiger charge is -2.14. The minimum absolute atomic E-state index is 0.686. The normalized spacial score (nSPS) is 10.4. The first-order valence-electron chi connectivity index (χ1n) is 6.92. The molecule has 0 radical (unpaired) electrons. The molecule has 0 aliphatic carbocycles. The first-order valence-corrected chi connectivity index (χ1v) is 7.71. The van der Waals surface area contributed by atoms with E-state index in [-0.39, 0.29) is 0 Å². The molecule has 0 heterocycles. The summed E-state index contributed by atoms with van der Waals surface area (Å²) in [6.45, 7) is 1.45. The number of rotatable bonds is 7. The Kier molecular flexibility index (Phi) is 6.10. The number of methoxy groups -OCH3 is 3. The maximum Gasteiger partial charge on any atom is 0.165 e. The van der Waals surface area contributed by atoms with Gasteiger partial charge in [-0.3, -0.25) is 0 Å². The van der Waals surface area contributed by atoms with Crippen molar-refractivity contribution >= 4 is 15.9 Å². The van der Waals surface area contributed by atoms with Crippen LogP contribution in [0.3, 0.4) is 0 Å². The molecule has 0 aliphatic heterocycles. The van der Waals surface area contributed by atoms with Crippen LogP contribution in [0.5, 0.6) is 17.2 Å². The highest BCUT2D eigenvalue weighted by molar-refractivity contribution is 9.10. The van der Waals surface area contributed by atoms with Crippen LogP contribution in [0.1, 0.15) is 11.1 Å². The Morgan fingerprint density at radius 1 is 0.909 bits per heavy atom. The van der Waals surface area contributed by atoms with E-state index in [2.05, 4.69) is 21.2 Å². The maximum atomic E-state index is 5.45. The van der Waals surface area contributed by atoms with Crippen molar-refractivity contribution in [2.75, 3.05) is 21.3 Å². The monoisotopic (exact) mass is 365 g/mol. The third-order valence-corrected chi connectivity index (χ3v) is 3.78. The summed E-state index contributed by atoms with van der Waals surface area (Å²) in [4.78, 5) is 0. The van der Waals surface area contributed by atoms with E-state index < -0.39 is 0 Å². The lowest BCUT2D eigenvalue weighted by atomic mass is 10.1. The number of ether oxygens (including phenoxy) is 3. The average Bonchev–Trinajstić information content (AvgIpc) is 2.55. The number of benzene rings is 2. The lowest BCUT2D eigenvalue weighted by molar-refractivity contribution is 0.350. The van der Waals surface area contributed by atoms with Crippen molar-refractivity contribution in [1.29, 1.82) is 0 Å². The van der Waals surface area contributed by atoms with Crippen molar-refractivity contribution in [2.45, 2.75) is 13.1 Å². The van der Waals surface area contributed by atoms with Crippen LogP contribution in [0.4, 0.5) is 0 Å². The van der Waals surface area contributed by atoms with Gasteiger partial charge in [-0.05, 0) is 29.8 Å². The molecule has 0 unspecified atom stereocenters. The zero-order chi connectivity index (χ0) is 15.9. The Morgan fingerprint density at radius 3 is 2.23 bits per heavy atom. The first-order chi connectivity index (χ1) is 10.7. The Labute approximate surface area is 139 Å². The SMILES string of the molecule is COc1ccc(CNCc2cc(Br)cc(OC)c2OC)cc1. The summed E-state index contributed by atoms with van der Waals surface area (Å²) < 4.78 is 16.9. The molecule has 22 heavy (non-hydrogen) atoms. The van der Waals surface area contributed by atoms with Gasteiger partial charge in [0.1, 0.15) is 5.75 Å². The number of hydrogen-bond donors (Lipinski definition) is 1. The molecule has 0 bridgehead atoms. The molecule has 2 aromatic carbocycles. The summed E-state index contributed by atoms with van der Waals surface area (Å²) in [6.07, 6.45) is 0. The van der Waals surface area contributed by atoms with Crippen LogP contribution >= 0.6 is 15.9 Å². The van der Waals surface area contributed by atoms with E-state index in [9.17, 15) is 0 Å². The van der Waals surface area contributed by atoms with Crippen molar-refractivity contribution in [3.63, 3.8) is 0 Å². The molecule has 0 spiro atoms. The van der Waals surface area contributed by atoms with E-state index in [1.807, 2.05) is 36.4 Å². The van der Waals surface area contributed by atoms with Crippen LogP contribution in [-0.4, -0.2) is 21.3 Å². The summed E-state index contributed by atoms with van der Waals surface area (Å²) in [7, 11) is 4.96. The van der Waals surface area contributed by atoms with Gasteiger partial charge in [0.15, 0.2) is 11.5 Å². The molecule has 4 nitrogen and oxygen atoms in total. The topological polar surface area (TPSA) is 39.7 Å². The summed E-state index contributed by atoms with van der Waals surface area (Å²) in [5.74, 6) is 2.34. The predicted molar refractivity (Wildman–Crippen MR) is 90.8 cm³/mol. The zero-order valence-corrected chi connectivity index (χ0v) is 14.6. The highest BCUT2D eigenvalue weighted by atomic mass is 79.9. The molecule has 0 aromatic heterocycles. The zero-order valence-electron chi connectivity index (χ0n) is 13.0. The largest absolute Gasteiger partial charge is 0.497 e. The number of halogens is 1. The first kappa shape index (κ1) is 16.6. The second-order valence-electron chi connectivity index (χ2n) is 4.75. The van der Waals surface area contributed by atoms with E-state index in [1.54, 1.807) is 21.3 Å². The molecule has 2 rings (SSSR count). The van der Waals surface area contributed by atoms with Gasteiger partial charge in [0.25, 0.3) is 0 Å². The molecule has 2 aromatic rings. The molecular weight excluding hydrogens is 346 g/mol. The Morgan fingerprint density at radius 2 is 1.64 bits per heavy atom.